The van der Waals surface area contributed by atoms with Crippen LogP contribution in [0.1, 0.15) is 51.0 Å². The van der Waals surface area contributed by atoms with Gasteiger partial charge in [0.15, 0.2) is 17.5 Å². The van der Waals surface area contributed by atoms with Crippen molar-refractivity contribution in [3.63, 3.8) is 0 Å². The first kappa shape index (κ1) is 21.9. The summed E-state index contributed by atoms with van der Waals surface area (Å²) >= 11 is 0. The van der Waals surface area contributed by atoms with Gasteiger partial charge in [0.2, 0.25) is 5.91 Å². The number of aliphatic imine (C=N–C) groups is 1. The maximum atomic E-state index is 12.1. The van der Waals surface area contributed by atoms with Crippen molar-refractivity contribution in [1.82, 2.24) is 16.0 Å². The molecule has 0 unspecified atom stereocenters. The molecule has 7 heteroatoms. The third-order valence-corrected chi connectivity index (χ3v) is 4.83. The summed E-state index contributed by atoms with van der Waals surface area (Å²) in [5, 5.41) is 9.58. The number of nitrogens with zero attached hydrogens (tertiary/aromatic N) is 1. The highest BCUT2D eigenvalue weighted by Crippen LogP contribution is 2.27. The van der Waals surface area contributed by atoms with E-state index in [1.807, 2.05) is 25.1 Å². The van der Waals surface area contributed by atoms with Crippen molar-refractivity contribution in [3.05, 3.63) is 23.8 Å². The zero-order valence-electron chi connectivity index (χ0n) is 17.3. The monoisotopic (exact) mass is 390 g/mol. The van der Waals surface area contributed by atoms with E-state index in [2.05, 4.69) is 20.9 Å². The molecular weight excluding hydrogens is 356 g/mol. The Balaban J connectivity index is 1.82. The fourth-order valence-corrected chi connectivity index (χ4v) is 3.33. The molecule has 1 aliphatic rings. The van der Waals surface area contributed by atoms with E-state index >= 15 is 0 Å². The molecule has 0 aliphatic heterocycles. The molecule has 1 amide bonds. The topological polar surface area (TPSA) is 84.0 Å². The van der Waals surface area contributed by atoms with Crippen LogP contribution in [0.3, 0.4) is 0 Å². The Labute approximate surface area is 168 Å². The van der Waals surface area contributed by atoms with Crippen molar-refractivity contribution in [1.29, 1.82) is 0 Å². The Morgan fingerprint density at radius 2 is 1.86 bits per heavy atom. The number of guanidine groups is 1. The number of nitrogens with one attached hydrogen (secondary N) is 3. The van der Waals surface area contributed by atoms with Gasteiger partial charge >= 0.3 is 0 Å². The van der Waals surface area contributed by atoms with Crippen LogP contribution in [0.25, 0.3) is 0 Å². The van der Waals surface area contributed by atoms with Crippen LogP contribution in [0.2, 0.25) is 0 Å². The SMILES string of the molecule is CCNC(=NCc1ccc(OC)c(OC)c1)NCCC(=O)NC1CCCCC1. The number of carbonyl (C=O) groups is 1. The molecule has 0 heterocycles. The van der Waals surface area contributed by atoms with Gasteiger partial charge in [-0.05, 0) is 37.5 Å². The van der Waals surface area contributed by atoms with Crippen molar-refractivity contribution in [2.24, 2.45) is 4.99 Å². The lowest BCUT2D eigenvalue weighted by molar-refractivity contribution is -0.121. The molecule has 3 N–H and O–H groups in total. The molecular formula is C21H34N4O3. The van der Waals surface area contributed by atoms with Crippen molar-refractivity contribution < 1.29 is 14.3 Å². The van der Waals surface area contributed by atoms with Crippen molar-refractivity contribution >= 4 is 11.9 Å². The summed E-state index contributed by atoms with van der Waals surface area (Å²) in [4.78, 5) is 16.7. The van der Waals surface area contributed by atoms with Crippen LogP contribution in [0.15, 0.2) is 23.2 Å². The van der Waals surface area contributed by atoms with E-state index < -0.39 is 0 Å². The Bertz CT molecular complexity index is 643. The molecule has 156 valence electrons. The normalized spacial score (nSPS) is 15.0. The van der Waals surface area contributed by atoms with Crippen LogP contribution < -0.4 is 25.4 Å². The summed E-state index contributed by atoms with van der Waals surface area (Å²) in [6, 6.07) is 6.11. The number of carbonyl (C=O) groups excluding carboxylic acids is 1. The van der Waals surface area contributed by atoms with Crippen LogP contribution >= 0.6 is 0 Å². The molecule has 0 aromatic heterocycles. The lowest BCUT2D eigenvalue weighted by Crippen LogP contribution is -2.41. The average molecular weight is 391 g/mol. The molecule has 0 bridgehead atoms. The van der Waals surface area contributed by atoms with Crippen molar-refractivity contribution in [2.45, 2.75) is 58.0 Å². The van der Waals surface area contributed by atoms with Gasteiger partial charge in [0, 0.05) is 25.6 Å². The maximum absolute atomic E-state index is 12.1. The molecule has 1 saturated carbocycles. The number of hydrogen-bond acceptors (Lipinski definition) is 4. The molecule has 1 fully saturated rings. The molecule has 2 rings (SSSR count). The fourth-order valence-electron chi connectivity index (χ4n) is 3.33. The van der Waals surface area contributed by atoms with Crippen molar-refractivity contribution in [3.8, 4) is 11.5 Å². The zero-order chi connectivity index (χ0) is 20.2. The standard InChI is InChI=1S/C21H34N4O3/c1-4-22-21(23-13-12-20(26)25-17-8-6-5-7-9-17)24-15-16-10-11-18(27-2)19(14-16)28-3/h10-11,14,17H,4-9,12-13,15H2,1-3H3,(H,25,26)(H2,22,23,24). The fraction of sp³-hybridized carbons (Fsp3) is 0.619. The third-order valence-electron chi connectivity index (χ3n) is 4.83. The lowest BCUT2D eigenvalue weighted by atomic mass is 9.95. The minimum absolute atomic E-state index is 0.107. The highest BCUT2D eigenvalue weighted by atomic mass is 16.5. The summed E-state index contributed by atoms with van der Waals surface area (Å²) in [5.74, 6) is 2.19. The minimum atomic E-state index is 0.107. The van der Waals surface area contributed by atoms with Crippen LogP contribution in [0.4, 0.5) is 0 Å². The number of rotatable bonds is 9. The molecule has 1 aliphatic carbocycles. The molecule has 0 radical (unpaired) electrons. The highest BCUT2D eigenvalue weighted by molar-refractivity contribution is 5.81. The Kier molecular flexibility index (Phi) is 9.45. The van der Waals surface area contributed by atoms with Gasteiger partial charge in [-0.2, -0.15) is 0 Å². The number of ether oxygens (including phenoxy) is 2. The maximum Gasteiger partial charge on any atom is 0.221 e. The molecule has 1 aromatic rings. The van der Waals surface area contributed by atoms with Gasteiger partial charge < -0.3 is 25.4 Å². The molecule has 7 nitrogen and oxygen atoms in total. The summed E-state index contributed by atoms with van der Waals surface area (Å²) in [7, 11) is 3.24. The second kappa shape index (κ2) is 12.1. The zero-order valence-corrected chi connectivity index (χ0v) is 17.3. The van der Waals surface area contributed by atoms with Crippen LogP contribution in [0, 0.1) is 0 Å². The van der Waals surface area contributed by atoms with Gasteiger partial charge in [-0.3, -0.25) is 4.79 Å². The lowest BCUT2D eigenvalue weighted by Gasteiger charge is -2.22. The average Bonchev–Trinajstić information content (AvgIpc) is 2.72. The summed E-state index contributed by atoms with van der Waals surface area (Å²) in [6.45, 7) is 3.83. The first-order chi connectivity index (χ1) is 13.7. The van der Waals surface area contributed by atoms with E-state index in [4.69, 9.17) is 9.47 Å². The third kappa shape index (κ3) is 7.29. The first-order valence-electron chi connectivity index (χ1n) is 10.2. The van der Waals surface area contributed by atoms with Crippen LogP contribution in [0.5, 0.6) is 11.5 Å². The molecule has 28 heavy (non-hydrogen) atoms. The number of methoxy groups -OCH3 is 2. The predicted octanol–water partition coefficient (Wildman–Crippen LogP) is 2.60. The molecule has 1 aromatic carbocycles. The van der Waals surface area contributed by atoms with Gasteiger partial charge in [-0.1, -0.05) is 25.3 Å². The van der Waals surface area contributed by atoms with Crippen LogP contribution in [-0.4, -0.2) is 45.2 Å². The second-order valence-corrected chi connectivity index (χ2v) is 6.96. The van der Waals surface area contributed by atoms with Crippen LogP contribution in [-0.2, 0) is 11.3 Å². The summed E-state index contributed by atoms with van der Waals surface area (Å²) in [6.07, 6.45) is 6.38. The minimum Gasteiger partial charge on any atom is -0.493 e. The Morgan fingerprint density at radius 1 is 1.11 bits per heavy atom. The van der Waals surface area contributed by atoms with Gasteiger partial charge in [0.25, 0.3) is 0 Å². The molecule has 0 spiro atoms. The van der Waals surface area contributed by atoms with Gasteiger partial charge in [0.05, 0.1) is 20.8 Å². The molecule has 0 atom stereocenters. The number of benzene rings is 1. The summed E-state index contributed by atoms with van der Waals surface area (Å²) in [5.41, 5.74) is 1.02. The Morgan fingerprint density at radius 3 is 2.54 bits per heavy atom. The Hall–Kier alpha value is -2.44. The largest absolute Gasteiger partial charge is 0.493 e. The van der Waals surface area contributed by atoms with E-state index in [0.717, 1.165) is 24.9 Å². The van der Waals surface area contributed by atoms with E-state index in [9.17, 15) is 4.79 Å². The first-order valence-corrected chi connectivity index (χ1v) is 10.2. The summed E-state index contributed by atoms with van der Waals surface area (Å²) < 4.78 is 10.6. The predicted molar refractivity (Wildman–Crippen MR) is 112 cm³/mol. The smallest absolute Gasteiger partial charge is 0.221 e. The number of amides is 1. The van der Waals surface area contributed by atoms with Gasteiger partial charge in [0.1, 0.15) is 0 Å². The highest BCUT2D eigenvalue weighted by Gasteiger charge is 2.15. The van der Waals surface area contributed by atoms with Crippen molar-refractivity contribution in [2.75, 3.05) is 27.3 Å². The van der Waals surface area contributed by atoms with Gasteiger partial charge in [-0.25, -0.2) is 4.99 Å². The molecule has 0 saturated heterocycles. The quantitative estimate of drug-likeness (QED) is 0.446. The van der Waals surface area contributed by atoms with E-state index in [1.165, 1.54) is 19.3 Å². The van der Waals surface area contributed by atoms with E-state index in [1.54, 1.807) is 14.2 Å². The van der Waals surface area contributed by atoms with Gasteiger partial charge in [-0.15, -0.1) is 0 Å². The second-order valence-electron chi connectivity index (χ2n) is 6.96. The number of hydrogen-bond donors (Lipinski definition) is 3. The van der Waals surface area contributed by atoms with E-state index in [-0.39, 0.29) is 5.91 Å². The van der Waals surface area contributed by atoms with E-state index in [0.29, 0.717) is 43.0 Å².